The molecule has 6 heteroatoms. The van der Waals surface area contributed by atoms with Gasteiger partial charge in [-0.2, -0.15) is 0 Å². The van der Waals surface area contributed by atoms with Gasteiger partial charge in [0.2, 0.25) is 0 Å². The van der Waals surface area contributed by atoms with Crippen LogP contribution in [0, 0.1) is 6.92 Å². The molecule has 2 N–H and O–H groups in total. The molecular formula is C12H19Cl2N3O. The second-order valence-corrected chi connectivity index (χ2v) is 4.27. The third-order valence-electron chi connectivity index (χ3n) is 2.77. The highest BCUT2D eigenvalue weighted by atomic mass is 35.5. The molecule has 1 fully saturated rings. The third-order valence-corrected chi connectivity index (χ3v) is 2.77. The summed E-state index contributed by atoms with van der Waals surface area (Å²) in [4.78, 5) is 15.9. The number of aromatic nitrogens is 1. The van der Waals surface area contributed by atoms with Crippen molar-refractivity contribution in [3.63, 3.8) is 0 Å². The molecule has 0 spiro atoms. The van der Waals surface area contributed by atoms with Gasteiger partial charge in [0.25, 0.3) is 5.91 Å². The molecule has 1 aromatic heterocycles. The molecule has 1 aliphatic heterocycles. The highest BCUT2D eigenvalue weighted by molar-refractivity contribution is 5.94. The van der Waals surface area contributed by atoms with Gasteiger partial charge in [-0.3, -0.25) is 9.78 Å². The molecule has 1 atom stereocenters. The maximum absolute atomic E-state index is 11.9. The summed E-state index contributed by atoms with van der Waals surface area (Å²) < 4.78 is 0. The van der Waals surface area contributed by atoms with Crippen LogP contribution in [-0.4, -0.2) is 30.0 Å². The fraction of sp³-hybridized carbons (Fsp3) is 0.500. The fourth-order valence-corrected chi connectivity index (χ4v) is 1.92. The highest BCUT2D eigenvalue weighted by Crippen LogP contribution is 2.05. The van der Waals surface area contributed by atoms with E-state index in [-0.39, 0.29) is 36.8 Å². The average molecular weight is 292 g/mol. The van der Waals surface area contributed by atoms with E-state index in [1.807, 2.05) is 13.0 Å². The first-order valence-electron chi connectivity index (χ1n) is 5.69. The lowest BCUT2D eigenvalue weighted by Crippen LogP contribution is -2.45. The number of halogens is 2. The summed E-state index contributed by atoms with van der Waals surface area (Å²) in [5, 5.41) is 6.29. The van der Waals surface area contributed by atoms with Crippen molar-refractivity contribution in [3.8, 4) is 0 Å². The molecule has 1 aromatic rings. The van der Waals surface area contributed by atoms with Gasteiger partial charge in [-0.25, -0.2) is 0 Å². The lowest BCUT2D eigenvalue weighted by atomic mass is 10.1. The number of pyridine rings is 1. The van der Waals surface area contributed by atoms with Gasteiger partial charge in [0.1, 0.15) is 0 Å². The predicted octanol–water partition coefficient (Wildman–Crippen LogP) is 1.72. The third kappa shape index (κ3) is 4.80. The largest absolute Gasteiger partial charge is 0.348 e. The molecule has 0 radical (unpaired) electrons. The van der Waals surface area contributed by atoms with E-state index in [0.717, 1.165) is 31.5 Å². The van der Waals surface area contributed by atoms with Crippen molar-refractivity contribution in [2.45, 2.75) is 25.8 Å². The predicted molar refractivity (Wildman–Crippen MR) is 76.8 cm³/mol. The monoisotopic (exact) mass is 291 g/mol. The Morgan fingerprint density at radius 2 is 2.22 bits per heavy atom. The van der Waals surface area contributed by atoms with Gasteiger partial charge in [0, 0.05) is 25.0 Å². The van der Waals surface area contributed by atoms with Crippen molar-refractivity contribution in [3.05, 3.63) is 29.6 Å². The van der Waals surface area contributed by atoms with Crippen LogP contribution in [0.2, 0.25) is 0 Å². The van der Waals surface area contributed by atoms with E-state index in [0.29, 0.717) is 5.56 Å². The van der Waals surface area contributed by atoms with E-state index in [1.165, 1.54) is 0 Å². The summed E-state index contributed by atoms with van der Waals surface area (Å²) in [7, 11) is 0. The maximum atomic E-state index is 11.9. The van der Waals surface area contributed by atoms with Gasteiger partial charge in [-0.1, -0.05) is 0 Å². The van der Waals surface area contributed by atoms with Gasteiger partial charge in [-0.15, -0.1) is 24.8 Å². The van der Waals surface area contributed by atoms with Crippen molar-refractivity contribution in [1.82, 2.24) is 15.6 Å². The first kappa shape index (κ1) is 17.2. The zero-order valence-electron chi connectivity index (χ0n) is 10.3. The van der Waals surface area contributed by atoms with Crippen molar-refractivity contribution in [2.24, 2.45) is 0 Å². The number of piperidine rings is 1. The molecule has 0 bridgehead atoms. The zero-order valence-corrected chi connectivity index (χ0v) is 11.9. The van der Waals surface area contributed by atoms with E-state index < -0.39 is 0 Å². The first-order chi connectivity index (χ1) is 7.75. The van der Waals surface area contributed by atoms with E-state index in [4.69, 9.17) is 0 Å². The van der Waals surface area contributed by atoms with Crippen LogP contribution >= 0.6 is 24.8 Å². The SMILES string of the molecule is Cc1cncc(C(=O)N[C@H]2CCCNC2)c1.Cl.Cl. The molecule has 0 aliphatic carbocycles. The summed E-state index contributed by atoms with van der Waals surface area (Å²) in [6.07, 6.45) is 5.53. The quantitative estimate of drug-likeness (QED) is 0.872. The fourth-order valence-electron chi connectivity index (χ4n) is 1.92. The molecule has 0 saturated carbocycles. The van der Waals surface area contributed by atoms with Crippen LogP contribution in [0.4, 0.5) is 0 Å². The number of hydrogen-bond acceptors (Lipinski definition) is 3. The topological polar surface area (TPSA) is 54.0 Å². The Bertz CT molecular complexity index is 381. The van der Waals surface area contributed by atoms with Crippen molar-refractivity contribution >= 4 is 30.7 Å². The number of aryl methyl sites for hydroxylation is 1. The van der Waals surface area contributed by atoms with E-state index >= 15 is 0 Å². The molecule has 0 unspecified atom stereocenters. The zero-order chi connectivity index (χ0) is 11.4. The lowest BCUT2D eigenvalue weighted by molar-refractivity contribution is 0.0930. The summed E-state index contributed by atoms with van der Waals surface area (Å²) in [5.74, 6) is -0.0232. The maximum Gasteiger partial charge on any atom is 0.253 e. The lowest BCUT2D eigenvalue weighted by Gasteiger charge is -2.23. The minimum Gasteiger partial charge on any atom is -0.348 e. The summed E-state index contributed by atoms with van der Waals surface area (Å²) in [6, 6.07) is 2.11. The summed E-state index contributed by atoms with van der Waals surface area (Å²) >= 11 is 0. The minimum atomic E-state index is -0.0232. The summed E-state index contributed by atoms with van der Waals surface area (Å²) in [5.41, 5.74) is 1.65. The molecule has 1 saturated heterocycles. The van der Waals surface area contributed by atoms with Crippen LogP contribution in [0.1, 0.15) is 28.8 Å². The number of nitrogens with zero attached hydrogens (tertiary/aromatic N) is 1. The Labute approximate surface area is 120 Å². The Balaban J connectivity index is 0.00000144. The van der Waals surface area contributed by atoms with E-state index in [9.17, 15) is 4.79 Å². The van der Waals surface area contributed by atoms with Gasteiger partial charge in [0.05, 0.1) is 5.56 Å². The highest BCUT2D eigenvalue weighted by Gasteiger charge is 2.16. The number of amides is 1. The van der Waals surface area contributed by atoms with Crippen LogP contribution < -0.4 is 10.6 Å². The first-order valence-corrected chi connectivity index (χ1v) is 5.69. The van der Waals surface area contributed by atoms with Crippen LogP contribution in [0.15, 0.2) is 18.5 Å². The molecule has 1 amide bonds. The van der Waals surface area contributed by atoms with Crippen molar-refractivity contribution < 1.29 is 4.79 Å². The number of nitrogens with one attached hydrogen (secondary N) is 2. The average Bonchev–Trinajstić information content (AvgIpc) is 2.30. The second-order valence-electron chi connectivity index (χ2n) is 4.27. The number of rotatable bonds is 2. The van der Waals surface area contributed by atoms with Crippen molar-refractivity contribution in [2.75, 3.05) is 13.1 Å². The van der Waals surface area contributed by atoms with Crippen LogP contribution in [0.5, 0.6) is 0 Å². The Hall–Kier alpha value is -0.840. The molecular weight excluding hydrogens is 273 g/mol. The summed E-state index contributed by atoms with van der Waals surface area (Å²) in [6.45, 7) is 3.86. The molecule has 2 rings (SSSR count). The van der Waals surface area contributed by atoms with Crippen LogP contribution in [0.25, 0.3) is 0 Å². The minimum absolute atomic E-state index is 0. The number of hydrogen-bond donors (Lipinski definition) is 2. The van der Waals surface area contributed by atoms with E-state index in [2.05, 4.69) is 15.6 Å². The normalized spacial score (nSPS) is 18.2. The molecule has 1 aliphatic rings. The van der Waals surface area contributed by atoms with Crippen molar-refractivity contribution in [1.29, 1.82) is 0 Å². The Morgan fingerprint density at radius 1 is 1.44 bits per heavy atom. The van der Waals surface area contributed by atoms with E-state index in [1.54, 1.807) is 12.4 Å². The van der Waals surface area contributed by atoms with Gasteiger partial charge in [-0.05, 0) is 37.9 Å². The number of carbonyl (C=O) groups is 1. The smallest absolute Gasteiger partial charge is 0.253 e. The second kappa shape index (κ2) is 8.29. The van der Waals surface area contributed by atoms with Crippen LogP contribution in [-0.2, 0) is 0 Å². The molecule has 18 heavy (non-hydrogen) atoms. The van der Waals surface area contributed by atoms with Gasteiger partial charge >= 0.3 is 0 Å². The number of carbonyl (C=O) groups excluding carboxylic acids is 1. The van der Waals surface area contributed by atoms with Gasteiger partial charge in [0.15, 0.2) is 0 Å². The molecule has 4 nitrogen and oxygen atoms in total. The molecule has 2 heterocycles. The molecule has 0 aromatic carbocycles. The Kier molecular flexibility index (Phi) is 7.91. The molecule has 102 valence electrons. The Morgan fingerprint density at radius 3 is 2.83 bits per heavy atom. The standard InChI is InChI=1S/C12H17N3O.2ClH/c1-9-5-10(7-14-6-9)12(16)15-11-3-2-4-13-8-11;;/h5-7,11,13H,2-4,8H2,1H3,(H,15,16);2*1H/t11-;;/m0../s1. The van der Waals surface area contributed by atoms with Crippen LogP contribution in [0.3, 0.4) is 0 Å². The van der Waals surface area contributed by atoms with Gasteiger partial charge < -0.3 is 10.6 Å².